The Balaban J connectivity index is 2.03. The number of benzene rings is 3. The zero-order chi connectivity index (χ0) is 20.3. The van der Waals surface area contributed by atoms with Crippen LogP contribution in [0.5, 0.6) is 5.75 Å². The molecule has 0 aliphatic rings. The lowest BCUT2D eigenvalue weighted by molar-refractivity contribution is -0.384. The molecule has 8 heteroatoms. The third kappa shape index (κ3) is 3.65. The van der Waals surface area contributed by atoms with E-state index >= 15 is 0 Å². The van der Waals surface area contributed by atoms with Crippen molar-refractivity contribution in [3.63, 3.8) is 0 Å². The lowest BCUT2D eigenvalue weighted by atomic mass is 9.95. The molecule has 0 atom stereocenters. The number of carbonyl (C=O) groups excluding carboxylic acids is 1. The number of rotatable bonds is 5. The lowest BCUT2D eigenvalue weighted by Gasteiger charge is -2.13. The van der Waals surface area contributed by atoms with Gasteiger partial charge in [0.25, 0.3) is 11.6 Å². The number of nitrogens with one attached hydrogen (secondary N) is 1. The highest BCUT2D eigenvalue weighted by Crippen LogP contribution is 2.31. The number of phenolic OH excluding ortho intramolecular Hbond substituents is 1. The number of anilines is 1. The maximum Gasteiger partial charge on any atom is 0.336 e. The van der Waals surface area contributed by atoms with Crippen molar-refractivity contribution in [2.24, 2.45) is 0 Å². The van der Waals surface area contributed by atoms with Crippen LogP contribution >= 0.6 is 0 Å². The van der Waals surface area contributed by atoms with Crippen LogP contribution in [0.25, 0.3) is 11.1 Å². The van der Waals surface area contributed by atoms with Gasteiger partial charge in [-0.1, -0.05) is 36.4 Å². The molecule has 0 unspecified atom stereocenters. The second-order valence-electron chi connectivity index (χ2n) is 5.81. The fourth-order valence-electron chi connectivity index (χ4n) is 2.75. The summed E-state index contributed by atoms with van der Waals surface area (Å²) in [6, 6.07) is 15.9. The second-order valence-corrected chi connectivity index (χ2v) is 5.81. The quantitative estimate of drug-likeness (QED) is 0.350. The van der Waals surface area contributed by atoms with E-state index in [2.05, 4.69) is 5.32 Å². The zero-order valence-electron chi connectivity index (χ0n) is 14.3. The van der Waals surface area contributed by atoms with Crippen molar-refractivity contribution in [2.75, 3.05) is 5.32 Å². The van der Waals surface area contributed by atoms with Gasteiger partial charge in [0.2, 0.25) is 0 Å². The number of phenols is 1. The van der Waals surface area contributed by atoms with E-state index < -0.39 is 16.8 Å². The number of amides is 1. The Kier molecular flexibility index (Phi) is 5.03. The average molecular weight is 378 g/mol. The first-order valence-corrected chi connectivity index (χ1v) is 8.09. The first-order valence-electron chi connectivity index (χ1n) is 8.09. The number of aromatic hydroxyl groups is 1. The molecule has 0 saturated carbocycles. The van der Waals surface area contributed by atoms with Crippen molar-refractivity contribution >= 4 is 23.3 Å². The number of carbonyl (C=O) groups is 2. The molecule has 0 aromatic heterocycles. The van der Waals surface area contributed by atoms with Crippen LogP contribution in [-0.2, 0) is 0 Å². The Bertz CT molecular complexity index is 1090. The number of nitrogens with zero attached hydrogens (tertiary/aromatic N) is 1. The summed E-state index contributed by atoms with van der Waals surface area (Å²) in [6.07, 6.45) is 0. The molecule has 8 nitrogen and oxygen atoms in total. The van der Waals surface area contributed by atoms with Crippen LogP contribution in [0.2, 0.25) is 0 Å². The van der Waals surface area contributed by atoms with Gasteiger partial charge in [0, 0.05) is 17.7 Å². The monoisotopic (exact) mass is 378 g/mol. The Hall–Kier alpha value is -4.20. The van der Waals surface area contributed by atoms with Crippen LogP contribution < -0.4 is 5.32 Å². The summed E-state index contributed by atoms with van der Waals surface area (Å²) in [5.74, 6) is -2.11. The highest BCUT2D eigenvalue weighted by atomic mass is 16.6. The van der Waals surface area contributed by atoms with Crippen molar-refractivity contribution < 1.29 is 24.7 Å². The first kappa shape index (κ1) is 18.6. The van der Waals surface area contributed by atoms with Crippen LogP contribution in [0.4, 0.5) is 11.4 Å². The van der Waals surface area contributed by atoms with Crippen molar-refractivity contribution in [3.05, 3.63) is 88.0 Å². The summed E-state index contributed by atoms with van der Waals surface area (Å²) in [6.45, 7) is 0. The molecule has 28 heavy (non-hydrogen) atoms. The Morgan fingerprint density at radius 1 is 0.893 bits per heavy atom. The molecule has 140 valence electrons. The summed E-state index contributed by atoms with van der Waals surface area (Å²) < 4.78 is 0. The van der Waals surface area contributed by atoms with Gasteiger partial charge in [-0.05, 0) is 29.3 Å². The molecule has 3 aromatic carbocycles. The number of nitro groups is 1. The highest BCUT2D eigenvalue weighted by molar-refractivity contribution is 6.10. The summed E-state index contributed by atoms with van der Waals surface area (Å²) in [7, 11) is 0. The van der Waals surface area contributed by atoms with Gasteiger partial charge in [-0.15, -0.1) is 0 Å². The predicted octanol–water partition coefficient (Wildman–Crippen LogP) is 3.92. The van der Waals surface area contributed by atoms with Gasteiger partial charge in [-0.25, -0.2) is 4.79 Å². The van der Waals surface area contributed by atoms with E-state index in [1.807, 2.05) is 0 Å². The first-order chi connectivity index (χ1) is 13.4. The number of non-ortho nitro benzene ring substituents is 1. The summed E-state index contributed by atoms with van der Waals surface area (Å²) in [5.41, 5.74) is 0.494. The Labute approximate surface area is 158 Å². The van der Waals surface area contributed by atoms with Crippen molar-refractivity contribution in [3.8, 4) is 16.9 Å². The molecule has 0 bridgehead atoms. The van der Waals surface area contributed by atoms with E-state index in [0.29, 0.717) is 11.1 Å². The molecule has 3 aromatic rings. The van der Waals surface area contributed by atoms with Gasteiger partial charge < -0.3 is 15.5 Å². The van der Waals surface area contributed by atoms with Crippen molar-refractivity contribution in [2.45, 2.75) is 0 Å². The SMILES string of the molecule is O=C(O)c1ccccc1-c1ccccc1C(=O)Nc1cc([N+](=O)[O-])ccc1O. The molecule has 3 N–H and O–H groups in total. The number of carboxylic acid groups (broad SMARTS) is 1. The summed E-state index contributed by atoms with van der Waals surface area (Å²) in [5, 5.41) is 32.7. The van der Waals surface area contributed by atoms with E-state index in [4.69, 9.17) is 0 Å². The third-order valence-corrected chi connectivity index (χ3v) is 4.06. The minimum atomic E-state index is -1.14. The van der Waals surface area contributed by atoms with Crippen LogP contribution in [-0.4, -0.2) is 27.0 Å². The van der Waals surface area contributed by atoms with E-state index in [1.165, 1.54) is 12.1 Å². The van der Waals surface area contributed by atoms with E-state index in [9.17, 15) is 29.9 Å². The van der Waals surface area contributed by atoms with Gasteiger partial charge in [0.15, 0.2) is 0 Å². The topological polar surface area (TPSA) is 130 Å². The molecule has 0 spiro atoms. The Morgan fingerprint density at radius 2 is 1.46 bits per heavy atom. The molecule has 0 saturated heterocycles. The minimum Gasteiger partial charge on any atom is -0.506 e. The van der Waals surface area contributed by atoms with Crippen LogP contribution in [0.15, 0.2) is 66.7 Å². The van der Waals surface area contributed by atoms with Crippen molar-refractivity contribution in [1.82, 2.24) is 0 Å². The molecule has 0 radical (unpaired) electrons. The number of aromatic carboxylic acids is 1. The number of hydrogen-bond donors (Lipinski definition) is 3. The molecule has 0 aliphatic carbocycles. The molecule has 0 heterocycles. The molecule has 0 aliphatic heterocycles. The fraction of sp³-hybridized carbons (Fsp3) is 0. The molecule has 1 amide bonds. The van der Waals surface area contributed by atoms with Crippen LogP contribution in [0, 0.1) is 10.1 Å². The Morgan fingerprint density at radius 3 is 2.07 bits per heavy atom. The zero-order valence-corrected chi connectivity index (χ0v) is 14.3. The highest BCUT2D eigenvalue weighted by Gasteiger charge is 2.19. The molecule has 3 rings (SSSR count). The number of hydrogen-bond acceptors (Lipinski definition) is 5. The van der Waals surface area contributed by atoms with E-state index in [0.717, 1.165) is 18.2 Å². The average Bonchev–Trinajstić information content (AvgIpc) is 2.69. The predicted molar refractivity (Wildman–Crippen MR) is 102 cm³/mol. The largest absolute Gasteiger partial charge is 0.506 e. The van der Waals surface area contributed by atoms with Gasteiger partial charge in [0.1, 0.15) is 5.75 Å². The standard InChI is InChI=1S/C20H14N2O6/c23-18-10-9-12(22(27)28)11-17(18)21-19(24)15-7-3-1-5-13(15)14-6-2-4-8-16(14)20(25)26/h1-11,23H,(H,21,24)(H,25,26). The van der Waals surface area contributed by atoms with E-state index in [-0.39, 0.29) is 28.3 Å². The normalized spacial score (nSPS) is 10.3. The van der Waals surface area contributed by atoms with Crippen LogP contribution in [0.3, 0.4) is 0 Å². The maximum absolute atomic E-state index is 12.8. The smallest absolute Gasteiger partial charge is 0.336 e. The number of nitro benzene ring substituents is 1. The van der Waals surface area contributed by atoms with E-state index in [1.54, 1.807) is 36.4 Å². The maximum atomic E-state index is 12.8. The molecule has 0 fully saturated rings. The lowest BCUT2D eigenvalue weighted by Crippen LogP contribution is -2.14. The minimum absolute atomic E-state index is 0.0287. The van der Waals surface area contributed by atoms with Gasteiger partial charge in [-0.2, -0.15) is 0 Å². The van der Waals surface area contributed by atoms with Crippen molar-refractivity contribution in [1.29, 1.82) is 0 Å². The molecular weight excluding hydrogens is 364 g/mol. The van der Waals surface area contributed by atoms with Gasteiger partial charge in [-0.3, -0.25) is 14.9 Å². The second kappa shape index (κ2) is 7.58. The fourth-order valence-corrected chi connectivity index (χ4v) is 2.75. The van der Waals surface area contributed by atoms with Crippen LogP contribution in [0.1, 0.15) is 20.7 Å². The number of carboxylic acids is 1. The van der Waals surface area contributed by atoms with Gasteiger partial charge in [0.05, 0.1) is 16.2 Å². The molecular formula is C20H14N2O6. The summed E-state index contributed by atoms with van der Waals surface area (Å²) in [4.78, 5) is 34.6. The summed E-state index contributed by atoms with van der Waals surface area (Å²) >= 11 is 0. The van der Waals surface area contributed by atoms with Gasteiger partial charge >= 0.3 is 5.97 Å². The third-order valence-electron chi connectivity index (χ3n) is 4.06.